The van der Waals surface area contributed by atoms with Crippen LogP contribution in [0.1, 0.15) is 74.7 Å². The maximum absolute atomic E-state index is 12.7. The third-order valence-electron chi connectivity index (χ3n) is 8.05. The van der Waals surface area contributed by atoms with Gasteiger partial charge in [0.2, 0.25) is 5.89 Å². The zero-order valence-electron chi connectivity index (χ0n) is 21.8. The van der Waals surface area contributed by atoms with E-state index in [1.54, 1.807) is 18.2 Å². The number of carbonyl (C=O) groups is 2. The van der Waals surface area contributed by atoms with Crippen LogP contribution in [0.2, 0.25) is 0 Å². The van der Waals surface area contributed by atoms with Crippen molar-refractivity contribution in [2.24, 2.45) is 5.41 Å². The Morgan fingerprint density at radius 1 is 1.08 bits per heavy atom. The SMILES string of the molecule is CC(C)(C)OC(=O)c1ccc2nc(-c3ccc(C4CC45CCN(C(=O)[C@H]4CCCO4)CC5)cc3)oc2c1. The Balaban J connectivity index is 1.11. The second kappa shape index (κ2) is 8.98. The van der Waals surface area contributed by atoms with Crippen LogP contribution in [-0.4, -0.2) is 53.2 Å². The fourth-order valence-electron chi connectivity index (χ4n) is 5.89. The van der Waals surface area contributed by atoms with Gasteiger partial charge >= 0.3 is 5.97 Å². The van der Waals surface area contributed by atoms with Gasteiger partial charge in [0.05, 0.1) is 5.56 Å². The summed E-state index contributed by atoms with van der Waals surface area (Å²) < 4.78 is 17.1. The summed E-state index contributed by atoms with van der Waals surface area (Å²) in [7, 11) is 0. The molecule has 1 aliphatic carbocycles. The number of likely N-dealkylation sites (tertiary alicyclic amines) is 1. The summed E-state index contributed by atoms with van der Waals surface area (Å²) in [5.74, 6) is 0.887. The smallest absolute Gasteiger partial charge is 0.338 e. The average molecular weight is 503 g/mol. The molecule has 2 atom stereocenters. The number of ether oxygens (including phenoxy) is 2. The van der Waals surface area contributed by atoms with Crippen LogP contribution in [0.3, 0.4) is 0 Å². The fraction of sp³-hybridized carbons (Fsp3) is 0.500. The van der Waals surface area contributed by atoms with Gasteiger partial charge < -0.3 is 18.8 Å². The standard InChI is InChI=1S/C30H34N2O5/c1-29(2,3)37-28(34)21-10-11-23-25(17-21)36-26(31-23)20-8-6-19(7-9-20)22-18-30(22)12-14-32(15-13-30)27(33)24-5-4-16-35-24/h6-11,17,22,24H,4-5,12-16,18H2,1-3H3/t22?,24-/m1/s1. The van der Waals surface area contributed by atoms with Gasteiger partial charge in [-0.2, -0.15) is 0 Å². The number of rotatable bonds is 4. The highest BCUT2D eigenvalue weighted by atomic mass is 16.6. The Kier molecular flexibility index (Phi) is 5.86. The summed E-state index contributed by atoms with van der Waals surface area (Å²) in [5.41, 5.74) is 3.73. The first kappa shape index (κ1) is 24.2. The van der Waals surface area contributed by atoms with Gasteiger partial charge in [-0.25, -0.2) is 9.78 Å². The Morgan fingerprint density at radius 2 is 1.84 bits per heavy atom. The van der Waals surface area contributed by atoms with E-state index in [9.17, 15) is 9.59 Å². The fourth-order valence-corrected chi connectivity index (χ4v) is 5.89. The lowest BCUT2D eigenvalue weighted by Crippen LogP contribution is -2.44. The van der Waals surface area contributed by atoms with Gasteiger partial charge in [0, 0.05) is 25.3 Å². The van der Waals surface area contributed by atoms with E-state index >= 15 is 0 Å². The van der Waals surface area contributed by atoms with Crippen LogP contribution in [0.15, 0.2) is 46.9 Å². The number of piperidine rings is 1. The van der Waals surface area contributed by atoms with Gasteiger partial charge in [-0.05, 0) is 100 Å². The first-order chi connectivity index (χ1) is 17.7. The van der Waals surface area contributed by atoms with E-state index in [0.29, 0.717) is 40.5 Å². The van der Waals surface area contributed by atoms with Crippen molar-refractivity contribution >= 4 is 23.0 Å². The minimum absolute atomic E-state index is 0.186. The summed E-state index contributed by atoms with van der Waals surface area (Å²) in [4.78, 5) is 31.7. The molecule has 3 heterocycles. The number of oxazole rings is 1. The van der Waals surface area contributed by atoms with E-state index < -0.39 is 5.60 Å². The molecule has 2 aromatic carbocycles. The number of aromatic nitrogens is 1. The van der Waals surface area contributed by atoms with Gasteiger partial charge in [-0.15, -0.1) is 0 Å². The first-order valence-corrected chi connectivity index (χ1v) is 13.4. The van der Waals surface area contributed by atoms with Crippen molar-refractivity contribution < 1.29 is 23.5 Å². The average Bonchev–Trinajstić information content (AvgIpc) is 3.23. The van der Waals surface area contributed by atoms with Gasteiger partial charge in [0.1, 0.15) is 17.2 Å². The van der Waals surface area contributed by atoms with E-state index in [4.69, 9.17) is 13.9 Å². The molecule has 1 aromatic heterocycles. The second-order valence-corrected chi connectivity index (χ2v) is 11.8. The molecule has 2 aliphatic heterocycles. The molecule has 7 nitrogen and oxygen atoms in total. The highest BCUT2D eigenvalue weighted by Crippen LogP contribution is 2.65. The molecule has 0 N–H and O–H groups in total. The number of hydrogen-bond donors (Lipinski definition) is 0. The molecule has 2 saturated heterocycles. The lowest BCUT2D eigenvalue weighted by Gasteiger charge is -2.34. The van der Waals surface area contributed by atoms with Crippen LogP contribution in [0.4, 0.5) is 0 Å². The van der Waals surface area contributed by atoms with Gasteiger partial charge in [-0.1, -0.05) is 12.1 Å². The molecular formula is C30H34N2O5. The number of benzene rings is 2. The predicted octanol–water partition coefficient (Wildman–Crippen LogP) is 5.73. The number of carbonyl (C=O) groups excluding carboxylic acids is 2. The molecule has 1 unspecified atom stereocenters. The van der Waals surface area contributed by atoms with Crippen molar-refractivity contribution in [3.05, 3.63) is 53.6 Å². The van der Waals surface area contributed by atoms with Crippen molar-refractivity contribution in [1.82, 2.24) is 9.88 Å². The maximum atomic E-state index is 12.7. The molecular weight excluding hydrogens is 468 g/mol. The van der Waals surface area contributed by atoms with Crippen molar-refractivity contribution in [3.8, 4) is 11.5 Å². The summed E-state index contributed by atoms with van der Waals surface area (Å²) in [6, 6.07) is 13.7. The molecule has 194 valence electrons. The highest BCUT2D eigenvalue weighted by molar-refractivity contribution is 5.93. The molecule has 1 amide bonds. The van der Waals surface area contributed by atoms with E-state index in [1.807, 2.05) is 25.7 Å². The van der Waals surface area contributed by atoms with Gasteiger partial charge in [-0.3, -0.25) is 4.79 Å². The number of hydrogen-bond acceptors (Lipinski definition) is 6. The zero-order valence-corrected chi connectivity index (χ0v) is 21.8. The normalized spacial score (nSPS) is 22.9. The maximum Gasteiger partial charge on any atom is 0.338 e. The summed E-state index contributed by atoms with van der Waals surface area (Å²) in [6.45, 7) is 7.92. The molecule has 3 aromatic rings. The molecule has 3 aliphatic rings. The Morgan fingerprint density at radius 3 is 2.51 bits per heavy atom. The quantitative estimate of drug-likeness (QED) is 0.424. The lowest BCUT2D eigenvalue weighted by molar-refractivity contribution is -0.142. The number of fused-ring (bicyclic) bond motifs is 1. The van der Waals surface area contributed by atoms with Gasteiger partial charge in [0.25, 0.3) is 5.91 Å². The number of esters is 1. The van der Waals surface area contributed by atoms with Crippen LogP contribution in [-0.2, 0) is 14.3 Å². The molecule has 6 rings (SSSR count). The summed E-state index contributed by atoms with van der Waals surface area (Å²) in [6.07, 6.45) is 4.94. The molecule has 1 spiro atoms. The van der Waals surface area contributed by atoms with Gasteiger partial charge in [0.15, 0.2) is 5.58 Å². The lowest BCUT2D eigenvalue weighted by atomic mass is 9.88. The van der Waals surface area contributed by atoms with E-state index in [2.05, 4.69) is 29.2 Å². The van der Waals surface area contributed by atoms with Crippen molar-refractivity contribution in [1.29, 1.82) is 0 Å². The van der Waals surface area contributed by atoms with Crippen LogP contribution in [0.25, 0.3) is 22.6 Å². The minimum atomic E-state index is -0.556. The number of amides is 1. The monoisotopic (exact) mass is 502 g/mol. The Hall–Kier alpha value is -3.19. The van der Waals surface area contributed by atoms with E-state index in [1.165, 1.54) is 12.0 Å². The first-order valence-electron chi connectivity index (χ1n) is 13.4. The van der Waals surface area contributed by atoms with Crippen LogP contribution in [0, 0.1) is 5.41 Å². The molecule has 37 heavy (non-hydrogen) atoms. The van der Waals surface area contributed by atoms with Crippen LogP contribution in [0.5, 0.6) is 0 Å². The zero-order chi connectivity index (χ0) is 25.8. The van der Waals surface area contributed by atoms with Crippen LogP contribution < -0.4 is 0 Å². The number of nitrogens with zero attached hydrogens (tertiary/aromatic N) is 2. The van der Waals surface area contributed by atoms with E-state index in [0.717, 1.165) is 44.3 Å². The minimum Gasteiger partial charge on any atom is -0.456 e. The Labute approximate surface area is 217 Å². The third-order valence-corrected chi connectivity index (χ3v) is 8.05. The van der Waals surface area contributed by atoms with Crippen molar-refractivity contribution in [2.45, 2.75) is 70.5 Å². The van der Waals surface area contributed by atoms with Crippen molar-refractivity contribution in [3.63, 3.8) is 0 Å². The second-order valence-electron chi connectivity index (χ2n) is 11.8. The Bertz CT molecular complexity index is 1320. The molecule has 0 bridgehead atoms. The largest absolute Gasteiger partial charge is 0.456 e. The predicted molar refractivity (Wildman–Crippen MR) is 139 cm³/mol. The molecule has 0 radical (unpaired) electrons. The highest BCUT2D eigenvalue weighted by Gasteiger charge is 2.55. The molecule has 7 heteroatoms. The molecule has 1 saturated carbocycles. The topological polar surface area (TPSA) is 81.9 Å². The van der Waals surface area contributed by atoms with E-state index in [-0.39, 0.29) is 18.0 Å². The summed E-state index contributed by atoms with van der Waals surface area (Å²) >= 11 is 0. The van der Waals surface area contributed by atoms with Crippen molar-refractivity contribution in [2.75, 3.05) is 19.7 Å². The summed E-state index contributed by atoms with van der Waals surface area (Å²) in [5, 5.41) is 0. The van der Waals surface area contributed by atoms with Crippen LogP contribution >= 0.6 is 0 Å². The third kappa shape index (κ3) is 4.77. The molecule has 3 fully saturated rings.